The third-order valence-electron chi connectivity index (χ3n) is 4.46. The fourth-order valence-electron chi connectivity index (χ4n) is 3.27. The van der Waals surface area contributed by atoms with Crippen LogP contribution in [0.3, 0.4) is 0 Å². The van der Waals surface area contributed by atoms with E-state index in [4.69, 9.17) is 16.3 Å². The molecule has 0 spiro atoms. The van der Waals surface area contributed by atoms with E-state index in [2.05, 4.69) is 31.4 Å². The van der Waals surface area contributed by atoms with Gasteiger partial charge in [-0.25, -0.2) is 0 Å². The minimum Gasteiger partial charge on any atom is -0.361 e. The molecule has 25 heavy (non-hydrogen) atoms. The lowest BCUT2D eigenvalue weighted by Gasteiger charge is -2.30. The molecule has 0 saturated carbocycles. The van der Waals surface area contributed by atoms with Gasteiger partial charge in [0.1, 0.15) is 19.6 Å². The van der Waals surface area contributed by atoms with Gasteiger partial charge in [-0.15, -0.1) is 0 Å². The summed E-state index contributed by atoms with van der Waals surface area (Å²) in [5, 5.41) is 5.81. The molecule has 1 heterocycles. The van der Waals surface area contributed by atoms with Crippen LogP contribution in [-0.2, 0) is 9.53 Å². The molecule has 4 N–H and O–H groups in total. The second-order valence-electron chi connectivity index (χ2n) is 7.50. The van der Waals surface area contributed by atoms with E-state index in [-0.39, 0.29) is 18.1 Å². The van der Waals surface area contributed by atoms with Crippen molar-refractivity contribution in [3.8, 4) is 0 Å². The SMILES string of the molecule is CC(C)C[NH+]1CCO[C@@H](C[NH2+][C@@H](C)CC(=O)Nc2ccc(Cl)cc2)C1. The molecule has 1 aromatic rings. The van der Waals surface area contributed by atoms with Crippen LogP contribution in [0.1, 0.15) is 27.2 Å². The number of anilines is 1. The first-order valence-electron chi connectivity index (χ1n) is 9.26. The van der Waals surface area contributed by atoms with Crippen molar-refractivity contribution < 1.29 is 19.7 Å². The van der Waals surface area contributed by atoms with E-state index in [1.165, 1.54) is 6.54 Å². The van der Waals surface area contributed by atoms with Gasteiger partial charge in [0.05, 0.1) is 25.6 Å². The number of carbonyl (C=O) groups is 1. The lowest BCUT2D eigenvalue weighted by atomic mass is 10.1. The average molecular weight is 370 g/mol. The summed E-state index contributed by atoms with van der Waals surface area (Å²) in [5.41, 5.74) is 0.783. The standard InChI is InChI=1S/C19H30ClN3O2/c1-14(2)12-23-8-9-25-18(13-23)11-21-15(3)10-19(24)22-17-6-4-16(20)5-7-17/h4-7,14-15,18,21H,8-13H2,1-3H3,(H,22,24)/p+2/t15-,18-/m0/s1. The first-order chi connectivity index (χ1) is 11.9. The summed E-state index contributed by atoms with van der Waals surface area (Å²) in [6, 6.07) is 7.41. The van der Waals surface area contributed by atoms with Gasteiger partial charge >= 0.3 is 0 Å². The molecule has 0 bridgehead atoms. The van der Waals surface area contributed by atoms with Gasteiger partial charge in [-0.2, -0.15) is 0 Å². The van der Waals surface area contributed by atoms with Gasteiger partial charge in [0, 0.05) is 16.6 Å². The Morgan fingerprint density at radius 2 is 2.08 bits per heavy atom. The van der Waals surface area contributed by atoms with Crippen LogP contribution in [-0.4, -0.2) is 50.8 Å². The third kappa shape index (κ3) is 7.74. The number of halogens is 1. The molecule has 2 rings (SSSR count). The zero-order valence-electron chi connectivity index (χ0n) is 15.6. The molecule has 140 valence electrons. The van der Waals surface area contributed by atoms with Crippen LogP contribution in [0, 0.1) is 5.92 Å². The number of hydrogen-bond donors (Lipinski definition) is 3. The molecule has 1 amide bonds. The molecule has 0 radical (unpaired) electrons. The van der Waals surface area contributed by atoms with Gasteiger partial charge in [0.25, 0.3) is 0 Å². The van der Waals surface area contributed by atoms with Gasteiger partial charge < -0.3 is 20.3 Å². The van der Waals surface area contributed by atoms with Crippen molar-refractivity contribution in [1.82, 2.24) is 0 Å². The van der Waals surface area contributed by atoms with E-state index in [0.29, 0.717) is 17.4 Å². The fraction of sp³-hybridized carbons (Fsp3) is 0.632. The number of nitrogens with one attached hydrogen (secondary N) is 2. The predicted molar refractivity (Wildman–Crippen MR) is 101 cm³/mol. The Bertz CT molecular complexity index is 536. The third-order valence-corrected chi connectivity index (χ3v) is 4.71. The molecule has 1 saturated heterocycles. The van der Waals surface area contributed by atoms with Crippen molar-refractivity contribution in [2.45, 2.75) is 39.3 Å². The van der Waals surface area contributed by atoms with Gasteiger partial charge in [-0.05, 0) is 31.2 Å². The highest BCUT2D eigenvalue weighted by Crippen LogP contribution is 2.13. The van der Waals surface area contributed by atoms with Crippen LogP contribution in [0.4, 0.5) is 5.69 Å². The molecular weight excluding hydrogens is 338 g/mol. The van der Waals surface area contributed by atoms with Crippen LogP contribution >= 0.6 is 11.6 Å². The Morgan fingerprint density at radius 1 is 1.36 bits per heavy atom. The number of benzene rings is 1. The van der Waals surface area contributed by atoms with E-state index < -0.39 is 0 Å². The number of carbonyl (C=O) groups excluding carboxylic acids is 1. The molecule has 5 nitrogen and oxygen atoms in total. The summed E-state index contributed by atoms with van der Waals surface area (Å²) in [4.78, 5) is 13.8. The van der Waals surface area contributed by atoms with Crippen LogP contribution in [0.5, 0.6) is 0 Å². The highest BCUT2D eigenvalue weighted by molar-refractivity contribution is 6.30. The maximum atomic E-state index is 12.1. The number of rotatable bonds is 8. The number of quaternary nitrogens is 2. The van der Waals surface area contributed by atoms with Crippen LogP contribution in [0.2, 0.25) is 5.02 Å². The van der Waals surface area contributed by atoms with E-state index in [9.17, 15) is 4.79 Å². The normalized spacial score (nSPS) is 22.0. The van der Waals surface area contributed by atoms with Gasteiger partial charge in [-0.1, -0.05) is 25.4 Å². The fourth-order valence-corrected chi connectivity index (χ4v) is 3.40. The number of ether oxygens (including phenoxy) is 1. The van der Waals surface area contributed by atoms with Crippen molar-refractivity contribution >= 4 is 23.2 Å². The Hall–Kier alpha value is -1.14. The van der Waals surface area contributed by atoms with E-state index in [1.54, 1.807) is 17.0 Å². The predicted octanol–water partition coefficient (Wildman–Crippen LogP) is 0.560. The van der Waals surface area contributed by atoms with Gasteiger partial charge in [0.15, 0.2) is 6.10 Å². The van der Waals surface area contributed by atoms with E-state index in [1.807, 2.05) is 12.1 Å². The van der Waals surface area contributed by atoms with Crippen molar-refractivity contribution in [2.75, 3.05) is 38.1 Å². The molecule has 1 unspecified atom stereocenters. The topological polar surface area (TPSA) is 59.4 Å². The van der Waals surface area contributed by atoms with Gasteiger partial charge in [-0.3, -0.25) is 4.79 Å². The molecule has 0 aliphatic carbocycles. The van der Waals surface area contributed by atoms with Crippen LogP contribution < -0.4 is 15.5 Å². The maximum Gasteiger partial charge on any atom is 0.230 e. The lowest BCUT2D eigenvalue weighted by molar-refractivity contribution is -0.917. The Balaban J connectivity index is 1.68. The number of hydrogen-bond acceptors (Lipinski definition) is 2. The Morgan fingerprint density at radius 3 is 2.76 bits per heavy atom. The van der Waals surface area contributed by atoms with Crippen LogP contribution in [0.25, 0.3) is 0 Å². The second-order valence-corrected chi connectivity index (χ2v) is 7.94. The largest absolute Gasteiger partial charge is 0.361 e. The molecule has 1 fully saturated rings. The van der Waals surface area contributed by atoms with E-state index >= 15 is 0 Å². The second kappa shape index (κ2) is 10.1. The van der Waals surface area contributed by atoms with Gasteiger partial charge in [0.2, 0.25) is 5.91 Å². The van der Waals surface area contributed by atoms with Crippen molar-refractivity contribution in [3.63, 3.8) is 0 Å². The molecule has 6 heteroatoms. The highest BCUT2D eigenvalue weighted by Gasteiger charge is 2.26. The lowest BCUT2D eigenvalue weighted by Crippen LogP contribution is -3.16. The molecule has 3 atom stereocenters. The molecule has 1 aliphatic heterocycles. The molecule has 1 aromatic carbocycles. The summed E-state index contributed by atoms with van der Waals surface area (Å²) < 4.78 is 5.89. The van der Waals surface area contributed by atoms with Crippen LogP contribution in [0.15, 0.2) is 24.3 Å². The number of nitrogens with two attached hydrogens (primary N) is 1. The summed E-state index contributed by atoms with van der Waals surface area (Å²) in [6.45, 7) is 11.8. The minimum atomic E-state index is 0.0303. The molecular formula is C19H32ClN3O2+2. The van der Waals surface area contributed by atoms with Crippen molar-refractivity contribution in [2.24, 2.45) is 5.92 Å². The van der Waals surface area contributed by atoms with E-state index in [0.717, 1.165) is 31.9 Å². The molecule has 0 aromatic heterocycles. The number of morpholine rings is 1. The zero-order valence-corrected chi connectivity index (χ0v) is 16.3. The first-order valence-corrected chi connectivity index (χ1v) is 9.64. The molecule has 1 aliphatic rings. The number of amides is 1. The summed E-state index contributed by atoms with van der Waals surface area (Å²) in [7, 11) is 0. The summed E-state index contributed by atoms with van der Waals surface area (Å²) in [5.74, 6) is 0.746. The average Bonchev–Trinajstić information content (AvgIpc) is 2.55. The first kappa shape index (κ1) is 20.2. The monoisotopic (exact) mass is 369 g/mol. The Kier molecular flexibility index (Phi) is 8.16. The Labute approximate surface area is 156 Å². The minimum absolute atomic E-state index is 0.0303. The zero-order chi connectivity index (χ0) is 18.2. The quantitative estimate of drug-likeness (QED) is 0.627. The smallest absolute Gasteiger partial charge is 0.230 e. The van der Waals surface area contributed by atoms with Crippen molar-refractivity contribution in [1.29, 1.82) is 0 Å². The maximum absolute atomic E-state index is 12.1. The van der Waals surface area contributed by atoms with Crippen molar-refractivity contribution in [3.05, 3.63) is 29.3 Å². The summed E-state index contributed by atoms with van der Waals surface area (Å²) >= 11 is 5.85. The summed E-state index contributed by atoms with van der Waals surface area (Å²) in [6.07, 6.45) is 0.766. The highest BCUT2D eigenvalue weighted by atomic mass is 35.5.